The molecular formula is C12H12Cl2O. The van der Waals surface area contributed by atoms with Crippen LogP contribution in [-0.4, -0.2) is 5.78 Å². The zero-order chi connectivity index (χ0) is 11.1. The largest absolute Gasteiger partial charge is 0.294 e. The van der Waals surface area contributed by atoms with Crippen LogP contribution in [0.3, 0.4) is 0 Å². The molecule has 0 aliphatic heterocycles. The number of carbonyl (C=O) groups is 1. The van der Waals surface area contributed by atoms with Gasteiger partial charge >= 0.3 is 0 Å². The number of halogens is 2. The topological polar surface area (TPSA) is 17.1 Å². The molecule has 1 aliphatic carbocycles. The van der Waals surface area contributed by atoms with E-state index in [1.54, 1.807) is 18.2 Å². The lowest BCUT2D eigenvalue weighted by atomic mass is 9.92. The first-order valence-electron chi connectivity index (χ1n) is 5.09. The third kappa shape index (κ3) is 1.91. The van der Waals surface area contributed by atoms with E-state index in [-0.39, 0.29) is 11.2 Å². The molecule has 0 saturated heterocycles. The molecule has 2 rings (SSSR count). The quantitative estimate of drug-likeness (QED) is 0.720. The highest BCUT2D eigenvalue weighted by Gasteiger charge is 2.47. The maximum Gasteiger partial charge on any atom is 0.169 e. The molecular weight excluding hydrogens is 231 g/mol. The Balaban J connectivity index is 2.30. The van der Waals surface area contributed by atoms with Crippen molar-refractivity contribution in [2.75, 3.05) is 0 Å². The number of ketones is 1. The molecule has 0 N–H and O–H groups in total. The summed E-state index contributed by atoms with van der Waals surface area (Å²) in [5, 5.41) is 0.948. The van der Waals surface area contributed by atoms with E-state index in [4.69, 9.17) is 23.2 Å². The first-order valence-corrected chi connectivity index (χ1v) is 5.84. The standard InChI is InChI=1S/C12H12Cl2O/c1-2-12(5-6-12)11(15)8-3-4-9(13)10(14)7-8/h3-4,7H,2,5-6H2,1H3. The van der Waals surface area contributed by atoms with Crippen molar-refractivity contribution < 1.29 is 4.79 Å². The molecule has 15 heavy (non-hydrogen) atoms. The molecule has 0 atom stereocenters. The molecule has 80 valence electrons. The lowest BCUT2D eigenvalue weighted by Gasteiger charge is -2.11. The van der Waals surface area contributed by atoms with Crippen LogP contribution in [0.15, 0.2) is 18.2 Å². The highest BCUT2D eigenvalue weighted by atomic mass is 35.5. The smallest absolute Gasteiger partial charge is 0.169 e. The number of Topliss-reactive ketones (excluding diaryl/α,β-unsaturated/α-hetero) is 1. The van der Waals surface area contributed by atoms with Gasteiger partial charge in [-0.2, -0.15) is 0 Å². The summed E-state index contributed by atoms with van der Waals surface area (Å²) in [6.07, 6.45) is 2.91. The van der Waals surface area contributed by atoms with Crippen LogP contribution >= 0.6 is 23.2 Å². The van der Waals surface area contributed by atoms with Gasteiger partial charge < -0.3 is 0 Å². The lowest BCUT2D eigenvalue weighted by Crippen LogP contribution is -2.14. The monoisotopic (exact) mass is 242 g/mol. The summed E-state index contributed by atoms with van der Waals surface area (Å²) >= 11 is 11.7. The summed E-state index contributed by atoms with van der Waals surface area (Å²) in [5.41, 5.74) is 0.584. The van der Waals surface area contributed by atoms with E-state index in [1.807, 2.05) is 0 Å². The van der Waals surface area contributed by atoms with Gasteiger partial charge in [-0.3, -0.25) is 4.79 Å². The van der Waals surface area contributed by atoms with Crippen molar-refractivity contribution in [2.45, 2.75) is 26.2 Å². The summed E-state index contributed by atoms with van der Waals surface area (Å²) in [6, 6.07) is 5.11. The van der Waals surface area contributed by atoms with E-state index in [1.165, 1.54) is 0 Å². The average Bonchev–Trinajstić information content (AvgIpc) is 3.02. The van der Waals surface area contributed by atoms with Gasteiger partial charge in [-0.05, 0) is 37.5 Å². The van der Waals surface area contributed by atoms with Gasteiger partial charge in [0.25, 0.3) is 0 Å². The SMILES string of the molecule is CCC1(C(=O)c2ccc(Cl)c(Cl)c2)CC1. The van der Waals surface area contributed by atoms with Crippen LogP contribution in [0, 0.1) is 5.41 Å². The van der Waals surface area contributed by atoms with Crippen molar-refractivity contribution in [1.29, 1.82) is 0 Å². The third-order valence-corrected chi connectivity index (χ3v) is 3.93. The Labute approximate surface area is 99.4 Å². The Morgan fingerprint density at radius 1 is 1.33 bits per heavy atom. The van der Waals surface area contributed by atoms with Crippen molar-refractivity contribution in [1.82, 2.24) is 0 Å². The van der Waals surface area contributed by atoms with E-state index >= 15 is 0 Å². The second-order valence-electron chi connectivity index (χ2n) is 4.09. The predicted octanol–water partition coefficient (Wildman–Crippen LogP) is 4.37. The van der Waals surface area contributed by atoms with Crippen molar-refractivity contribution in [3.63, 3.8) is 0 Å². The minimum atomic E-state index is -0.100. The summed E-state index contributed by atoms with van der Waals surface area (Å²) < 4.78 is 0. The van der Waals surface area contributed by atoms with Gasteiger partial charge in [-0.15, -0.1) is 0 Å². The number of benzene rings is 1. The zero-order valence-electron chi connectivity index (χ0n) is 8.52. The summed E-state index contributed by atoms with van der Waals surface area (Å²) in [4.78, 5) is 12.1. The Kier molecular flexibility index (Phi) is 2.78. The van der Waals surface area contributed by atoms with Gasteiger partial charge in [0.15, 0.2) is 5.78 Å². The Morgan fingerprint density at radius 3 is 2.47 bits per heavy atom. The summed E-state index contributed by atoms with van der Waals surface area (Å²) in [5.74, 6) is 0.212. The van der Waals surface area contributed by atoms with Gasteiger partial charge in [0.2, 0.25) is 0 Å². The maximum absolute atomic E-state index is 12.1. The van der Waals surface area contributed by atoms with Crippen LogP contribution in [0.4, 0.5) is 0 Å². The number of rotatable bonds is 3. The van der Waals surface area contributed by atoms with E-state index in [0.717, 1.165) is 19.3 Å². The van der Waals surface area contributed by atoms with Gasteiger partial charge in [0, 0.05) is 11.0 Å². The fraction of sp³-hybridized carbons (Fsp3) is 0.417. The molecule has 0 amide bonds. The molecule has 0 radical (unpaired) electrons. The van der Waals surface area contributed by atoms with Crippen LogP contribution in [0.1, 0.15) is 36.5 Å². The first-order chi connectivity index (χ1) is 7.09. The predicted molar refractivity (Wildman–Crippen MR) is 62.8 cm³/mol. The van der Waals surface area contributed by atoms with Crippen LogP contribution in [0.5, 0.6) is 0 Å². The molecule has 3 heteroatoms. The molecule has 0 spiro atoms. The second kappa shape index (κ2) is 3.80. The van der Waals surface area contributed by atoms with Crippen LogP contribution < -0.4 is 0 Å². The molecule has 1 nitrogen and oxygen atoms in total. The maximum atomic E-state index is 12.1. The van der Waals surface area contributed by atoms with Crippen LogP contribution in [0.25, 0.3) is 0 Å². The highest BCUT2D eigenvalue weighted by molar-refractivity contribution is 6.42. The van der Waals surface area contributed by atoms with E-state index in [2.05, 4.69) is 6.92 Å². The fourth-order valence-corrected chi connectivity index (χ4v) is 2.13. The number of hydrogen-bond donors (Lipinski definition) is 0. The van der Waals surface area contributed by atoms with Gasteiger partial charge in [0.1, 0.15) is 0 Å². The van der Waals surface area contributed by atoms with Crippen molar-refractivity contribution >= 4 is 29.0 Å². The van der Waals surface area contributed by atoms with Gasteiger partial charge in [-0.1, -0.05) is 30.1 Å². The Bertz CT molecular complexity index is 408. The molecule has 1 saturated carbocycles. The number of hydrogen-bond acceptors (Lipinski definition) is 1. The molecule has 0 aromatic heterocycles. The Morgan fingerprint density at radius 2 is 2.00 bits per heavy atom. The molecule has 1 aromatic rings. The normalized spacial score (nSPS) is 17.5. The highest BCUT2D eigenvalue weighted by Crippen LogP contribution is 2.51. The van der Waals surface area contributed by atoms with Crippen molar-refractivity contribution in [3.05, 3.63) is 33.8 Å². The summed E-state index contributed by atoms with van der Waals surface area (Å²) in [7, 11) is 0. The van der Waals surface area contributed by atoms with Crippen molar-refractivity contribution in [3.8, 4) is 0 Å². The fourth-order valence-electron chi connectivity index (χ4n) is 1.84. The molecule has 1 aromatic carbocycles. The summed E-state index contributed by atoms with van der Waals surface area (Å²) in [6.45, 7) is 2.06. The first kappa shape index (κ1) is 11.0. The number of carbonyl (C=O) groups excluding carboxylic acids is 1. The zero-order valence-corrected chi connectivity index (χ0v) is 10.0. The van der Waals surface area contributed by atoms with Gasteiger partial charge in [0.05, 0.1) is 10.0 Å². The van der Waals surface area contributed by atoms with E-state index in [9.17, 15) is 4.79 Å². The van der Waals surface area contributed by atoms with Crippen LogP contribution in [0.2, 0.25) is 10.0 Å². The molecule has 0 heterocycles. The third-order valence-electron chi connectivity index (χ3n) is 3.19. The van der Waals surface area contributed by atoms with E-state index < -0.39 is 0 Å². The van der Waals surface area contributed by atoms with Gasteiger partial charge in [-0.25, -0.2) is 0 Å². The molecule has 1 aliphatic rings. The molecule has 1 fully saturated rings. The molecule has 0 unspecified atom stereocenters. The minimum Gasteiger partial charge on any atom is -0.294 e. The molecule has 0 bridgehead atoms. The minimum absolute atomic E-state index is 0.100. The average molecular weight is 243 g/mol. The van der Waals surface area contributed by atoms with Crippen molar-refractivity contribution in [2.24, 2.45) is 5.41 Å². The van der Waals surface area contributed by atoms with E-state index in [0.29, 0.717) is 15.6 Å². The second-order valence-corrected chi connectivity index (χ2v) is 4.91. The van der Waals surface area contributed by atoms with Crippen LogP contribution in [-0.2, 0) is 0 Å². The lowest BCUT2D eigenvalue weighted by molar-refractivity contribution is 0.0896. The Hall–Kier alpha value is -0.530.